The molecule has 1 heterocycles. The second-order valence-corrected chi connectivity index (χ2v) is 5.17. The molecule has 1 aliphatic heterocycles. The number of carbonyl (C=O) groups excluding carboxylic acids is 1. The minimum absolute atomic E-state index is 0.0885. The van der Waals surface area contributed by atoms with E-state index in [0.29, 0.717) is 13.0 Å². The largest absolute Gasteiger partial charge is 0.384 e. The fourth-order valence-corrected chi connectivity index (χ4v) is 2.58. The normalized spacial score (nSPS) is 16.1. The van der Waals surface area contributed by atoms with E-state index in [9.17, 15) is 4.79 Å². The maximum atomic E-state index is 11.9. The van der Waals surface area contributed by atoms with Gasteiger partial charge < -0.3 is 5.32 Å². The molecule has 21 heavy (non-hydrogen) atoms. The second kappa shape index (κ2) is 6.41. The molecule has 0 saturated carbocycles. The SMILES string of the molecule is O=C(CC1CNc2ccccc21)NOCc1ccccc1. The predicted molar refractivity (Wildman–Crippen MR) is 81.7 cm³/mol. The van der Waals surface area contributed by atoms with Gasteiger partial charge in [0.05, 0.1) is 6.61 Å². The summed E-state index contributed by atoms with van der Waals surface area (Å²) < 4.78 is 0. The lowest BCUT2D eigenvalue weighted by atomic mass is 9.98. The van der Waals surface area contributed by atoms with Crippen LogP contribution in [0.15, 0.2) is 54.6 Å². The van der Waals surface area contributed by atoms with Gasteiger partial charge in [0.1, 0.15) is 0 Å². The van der Waals surface area contributed by atoms with Crippen LogP contribution in [-0.2, 0) is 16.2 Å². The third-order valence-electron chi connectivity index (χ3n) is 3.64. The molecule has 0 bridgehead atoms. The average Bonchev–Trinajstić information content (AvgIpc) is 2.92. The van der Waals surface area contributed by atoms with Crippen molar-refractivity contribution in [2.45, 2.75) is 18.9 Å². The van der Waals surface area contributed by atoms with E-state index in [4.69, 9.17) is 4.84 Å². The van der Waals surface area contributed by atoms with Gasteiger partial charge in [-0.3, -0.25) is 9.63 Å². The number of benzene rings is 2. The molecule has 4 heteroatoms. The lowest BCUT2D eigenvalue weighted by Gasteiger charge is -2.10. The van der Waals surface area contributed by atoms with Gasteiger partial charge in [-0.25, -0.2) is 5.48 Å². The quantitative estimate of drug-likeness (QED) is 0.829. The summed E-state index contributed by atoms with van der Waals surface area (Å²) in [5.41, 5.74) is 5.88. The number of amides is 1. The molecule has 4 nitrogen and oxygen atoms in total. The number of hydrogen-bond donors (Lipinski definition) is 2. The molecule has 3 rings (SSSR count). The first-order valence-corrected chi connectivity index (χ1v) is 7.10. The average molecular weight is 282 g/mol. The molecule has 2 aromatic carbocycles. The van der Waals surface area contributed by atoms with Crippen LogP contribution in [0.25, 0.3) is 0 Å². The monoisotopic (exact) mass is 282 g/mol. The van der Waals surface area contributed by atoms with Crippen molar-refractivity contribution in [1.82, 2.24) is 5.48 Å². The van der Waals surface area contributed by atoms with Crippen molar-refractivity contribution in [3.8, 4) is 0 Å². The van der Waals surface area contributed by atoms with Crippen molar-refractivity contribution in [2.24, 2.45) is 0 Å². The van der Waals surface area contributed by atoms with Crippen molar-refractivity contribution < 1.29 is 9.63 Å². The molecular formula is C17H18N2O2. The van der Waals surface area contributed by atoms with E-state index in [0.717, 1.165) is 17.8 Å². The van der Waals surface area contributed by atoms with Crippen LogP contribution in [-0.4, -0.2) is 12.5 Å². The highest BCUT2D eigenvalue weighted by Crippen LogP contribution is 2.32. The smallest absolute Gasteiger partial charge is 0.244 e. The Labute approximate surface area is 124 Å². The van der Waals surface area contributed by atoms with Crippen molar-refractivity contribution in [3.05, 3.63) is 65.7 Å². The van der Waals surface area contributed by atoms with E-state index in [2.05, 4.69) is 16.9 Å². The first-order chi connectivity index (χ1) is 10.3. The maximum Gasteiger partial charge on any atom is 0.244 e. The van der Waals surface area contributed by atoms with E-state index >= 15 is 0 Å². The Kier molecular flexibility index (Phi) is 4.17. The Morgan fingerprint density at radius 1 is 1.14 bits per heavy atom. The summed E-state index contributed by atoms with van der Waals surface area (Å²) in [5, 5.41) is 3.32. The van der Waals surface area contributed by atoms with Crippen LogP contribution in [0.5, 0.6) is 0 Å². The summed E-state index contributed by atoms with van der Waals surface area (Å²) in [6.45, 7) is 1.18. The summed E-state index contributed by atoms with van der Waals surface area (Å²) in [6.07, 6.45) is 0.429. The summed E-state index contributed by atoms with van der Waals surface area (Å²) >= 11 is 0. The van der Waals surface area contributed by atoms with Crippen LogP contribution in [0.1, 0.15) is 23.5 Å². The molecule has 0 radical (unpaired) electrons. The summed E-state index contributed by atoms with van der Waals surface area (Å²) in [5.74, 6) is 0.121. The first-order valence-electron chi connectivity index (χ1n) is 7.10. The van der Waals surface area contributed by atoms with Crippen LogP contribution < -0.4 is 10.8 Å². The molecule has 0 saturated heterocycles. The van der Waals surface area contributed by atoms with Crippen molar-refractivity contribution in [1.29, 1.82) is 0 Å². The molecule has 0 fully saturated rings. The van der Waals surface area contributed by atoms with Crippen LogP contribution in [0.2, 0.25) is 0 Å². The maximum absolute atomic E-state index is 11.9. The molecule has 0 aromatic heterocycles. The zero-order valence-electron chi connectivity index (χ0n) is 11.7. The first kappa shape index (κ1) is 13.6. The summed E-state index contributed by atoms with van der Waals surface area (Å²) in [6, 6.07) is 17.9. The van der Waals surface area contributed by atoms with Gasteiger partial charge in [0.25, 0.3) is 0 Å². The molecule has 1 aliphatic rings. The number of hydrogen-bond acceptors (Lipinski definition) is 3. The Morgan fingerprint density at radius 3 is 2.76 bits per heavy atom. The van der Waals surface area contributed by atoms with Crippen molar-refractivity contribution >= 4 is 11.6 Å². The minimum Gasteiger partial charge on any atom is -0.384 e. The molecule has 1 atom stereocenters. The van der Waals surface area contributed by atoms with Gasteiger partial charge in [-0.05, 0) is 17.2 Å². The zero-order valence-corrected chi connectivity index (χ0v) is 11.7. The number of fused-ring (bicyclic) bond motifs is 1. The summed E-state index contributed by atoms with van der Waals surface area (Å²) in [7, 11) is 0. The highest BCUT2D eigenvalue weighted by molar-refractivity contribution is 5.77. The van der Waals surface area contributed by atoms with E-state index in [1.54, 1.807) is 0 Å². The van der Waals surface area contributed by atoms with Crippen LogP contribution in [0, 0.1) is 0 Å². The zero-order chi connectivity index (χ0) is 14.5. The van der Waals surface area contributed by atoms with Crippen LogP contribution in [0.3, 0.4) is 0 Å². The Morgan fingerprint density at radius 2 is 1.90 bits per heavy atom. The lowest BCUT2D eigenvalue weighted by molar-refractivity contribution is -0.134. The van der Waals surface area contributed by atoms with Gasteiger partial charge >= 0.3 is 0 Å². The van der Waals surface area contributed by atoms with E-state index in [-0.39, 0.29) is 11.8 Å². The van der Waals surface area contributed by atoms with Crippen LogP contribution in [0.4, 0.5) is 5.69 Å². The minimum atomic E-state index is -0.0885. The highest BCUT2D eigenvalue weighted by atomic mass is 16.6. The van der Waals surface area contributed by atoms with Crippen molar-refractivity contribution in [2.75, 3.05) is 11.9 Å². The number of rotatable bonds is 5. The number of hydroxylamine groups is 1. The highest BCUT2D eigenvalue weighted by Gasteiger charge is 2.23. The molecule has 1 amide bonds. The summed E-state index contributed by atoms with van der Waals surface area (Å²) in [4.78, 5) is 17.2. The van der Waals surface area contributed by atoms with E-state index < -0.39 is 0 Å². The fourth-order valence-electron chi connectivity index (χ4n) is 2.58. The molecule has 2 N–H and O–H groups in total. The lowest BCUT2D eigenvalue weighted by Crippen LogP contribution is -2.25. The molecular weight excluding hydrogens is 264 g/mol. The molecule has 2 aromatic rings. The topological polar surface area (TPSA) is 50.4 Å². The predicted octanol–water partition coefficient (Wildman–Crippen LogP) is 2.83. The van der Waals surface area contributed by atoms with Gasteiger partial charge in [-0.1, -0.05) is 48.5 Å². The van der Waals surface area contributed by atoms with Gasteiger partial charge in [0, 0.05) is 24.6 Å². The van der Waals surface area contributed by atoms with Gasteiger partial charge in [-0.15, -0.1) is 0 Å². The third kappa shape index (κ3) is 3.41. The van der Waals surface area contributed by atoms with Gasteiger partial charge in [-0.2, -0.15) is 0 Å². The number of carbonyl (C=O) groups is 1. The molecule has 0 spiro atoms. The third-order valence-corrected chi connectivity index (χ3v) is 3.64. The standard InChI is InChI=1S/C17H18N2O2/c20-17(19-21-12-13-6-2-1-3-7-13)10-14-11-18-16-9-5-4-8-15(14)16/h1-9,14,18H,10-12H2,(H,19,20). The molecule has 108 valence electrons. The van der Waals surface area contributed by atoms with Crippen LogP contribution >= 0.6 is 0 Å². The Balaban J connectivity index is 1.47. The van der Waals surface area contributed by atoms with Gasteiger partial charge in [0.15, 0.2) is 0 Å². The fraction of sp³-hybridized carbons (Fsp3) is 0.235. The Hall–Kier alpha value is -2.33. The number of anilines is 1. The molecule has 0 aliphatic carbocycles. The van der Waals surface area contributed by atoms with Crippen molar-refractivity contribution in [3.63, 3.8) is 0 Å². The second-order valence-electron chi connectivity index (χ2n) is 5.17. The van der Waals surface area contributed by atoms with Gasteiger partial charge in [0.2, 0.25) is 5.91 Å². The number of para-hydroxylation sites is 1. The van der Waals surface area contributed by atoms with E-state index in [1.165, 1.54) is 5.56 Å². The van der Waals surface area contributed by atoms with E-state index in [1.807, 2.05) is 48.5 Å². The Bertz CT molecular complexity index is 613. The molecule has 1 unspecified atom stereocenters. The number of nitrogens with one attached hydrogen (secondary N) is 2.